The molecule has 2 aromatic rings. The van der Waals surface area contributed by atoms with Crippen molar-refractivity contribution in [2.24, 2.45) is 0 Å². The van der Waals surface area contributed by atoms with Gasteiger partial charge in [0.15, 0.2) is 0 Å². The van der Waals surface area contributed by atoms with Gasteiger partial charge in [-0.15, -0.1) is 0 Å². The molecule has 1 fully saturated rings. The number of sulfonamides is 1. The van der Waals surface area contributed by atoms with Gasteiger partial charge in [0.1, 0.15) is 29.7 Å². The largest absolute Gasteiger partial charge is 0.490 e. The van der Waals surface area contributed by atoms with Crippen molar-refractivity contribution >= 4 is 27.6 Å². The predicted octanol–water partition coefficient (Wildman–Crippen LogP) is 3.51. The molecule has 7 nitrogen and oxygen atoms in total. The maximum atomic E-state index is 13.1. The van der Waals surface area contributed by atoms with Crippen LogP contribution in [-0.2, 0) is 19.5 Å². The summed E-state index contributed by atoms with van der Waals surface area (Å²) in [5, 5.41) is 0.0167. The molecule has 168 valence electrons. The average Bonchev–Trinajstić information content (AvgIpc) is 2.72. The lowest BCUT2D eigenvalue weighted by molar-refractivity contribution is -0.0440. The van der Waals surface area contributed by atoms with Crippen LogP contribution in [0.1, 0.15) is 24.2 Å². The Kier molecular flexibility index (Phi) is 7.53. The van der Waals surface area contributed by atoms with Crippen molar-refractivity contribution in [2.45, 2.75) is 31.0 Å². The molecule has 3 rings (SSSR count). The number of esters is 1. The molecule has 1 aliphatic rings. The number of carbonyl (C=O) groups is 1. The van der Waals surface area contributed by atoms with Gasteiger partial charge in [0.05, 0.1) is 22.8 Å². The highest BCUT2D eigenvalue weighted by molar-refractivity contribution is 7.89. The summed E-state index contributed by atoms with van der Waals surface area (Å²) < 4.78 is 56.5. The Bertz CT molecular complexity index is 1020. The van der Waals surface area contributed by atoms with Gasteiger partial charge in [-0.3, -0.25) is 0 Å². The van der Waals surface area contributed by atoms with Gasteiger partial charge < -0.3 is 14.2 Å². The van der Waals surface area contributed by atoms with E-state index in [2.05, 4.69) is 0 Å². The SMILES string of the molecule is CC1CN(S(=O)(=O)c2cc(C(=O)OCCOc3ccc(F)cc3)ccc2Cl)CC(C)O1. The summed E-state index contributed by atoms with van der Waals surface area (Å²) >= 11 is 6.15. The lowest BCUT2D eigenvalue weighted by Crippen LogP contribution is -2.48. The van der Waals surface area contributed by atoms with Gasteiger partial charge in [-0.1, -0.05) is 11.6 Å². The van der Waals surface area contributed by atoms with E-state index in [1.54, 1.807) is 13.8 Å². The summed E-state index contributed by atoms with van der Waals surface area (Å²) in [6.07, 6.45) is -0.516. The van der Waals surface area contributed by atoms with E-state index in [9.17, 15) is 17.6 Å². The van der Waals surface area contributed by atoms with Crippen molar-refractivity contribution in [1.82, 2.24) is 4.31 Å². The summed E-state index contributed by atoms with van der Waals surface area (Å²) in [6, 6.07) is 9.40. The van der Waals surface area contributed by atoms with Gasteiger partial charge in [0.2, 0.25) is 10.0 Å². The van der Waals surface area contributed by atoms with E-state index in [4.69, 9.17) is 25.8 Å². The number of halogens is 2. The van der Waals surface area contributed by atoms with Crippen molar-refractivity contribution in [2.75, 3.05) is 26.3 Å². The molecule has 2 unspecified atom stereocenters. The van der Waals surface area contributed by atoms with E-state index >= 15 is 0 Å². The minimum Gasteiger partial charge on any atom is -0.490 e. The third-order valence-electron chi connectivity index (χ3n) is 4.57. The highest BCUT2D eigenvalue weighted by Gasteiger charge is 2.34. The first-order valence-corrected chi connectivity index (χ1v) is 11.5. The Hall–Kier alpha value is -2.20. The second-order valence-corrected chi connectivity index (χ2v) is 9.48. The number of benzene rings is 2. The standard InChI is InChI=1S/C21H23ClFNO6S/c1-14-12-24(13-15(2)30-14)31(26,27)20-11-16(3-8-19(20)22)21(25)29-10-9-28-18-6-4-17(23)5-7-18/h3-8,11,14-15H,9-10,12-13H2,1-2H3. The third kappa shape index (κ3) is 5.94. The molecular weight excluding hydrogens is 449 g/mol. The van der Waals surface area contributed by atoms with Crippen LogP contribution >= 0.6 is 11.6 Å². The number of rotatable bonds is 7. The molecule has 0 amide bonds. The highest BCUT2D eigenvalue weighted by atomic mass is 35.5. The summed E-state index contributed by atoms with van der Waals surface area (Å²) in [6.45, 7) is 3.96. The zero-order valence-electron chi connectivity index (χ0n) is 17.1. The molecule has 10 heteroatoms. The van der Waals surface area contributed by atoms with Gasteiger partial charge in [-0.25, -0.2) is 17.6 Å². The van der Waals surface area contributed by atoms with Crippen LogP contribution in [0.25, 0.3) is 0 Å². The highest BCUT2D eigenvalue weighted by Crippen LogP contribution is 2.28. The molecule has 31 heavy (non-hydrogen) atoms. The van der Waals surface area contributed by atoms with Crippen LogP contribution < -0.4 is 4.74 Å². The number of nitrogens with zero attached hydrogens (tertiary/aromatic N) is 1. The Balaban J connectivity index is 1.65. The van der Waals surface area contributed by atoms with E-state index < -0.39 is 16.0 Å². The van der Waals surface area contributed by atoms with Gasteiger partial charge >= 0.3 is 5.97 Å². The zero-order chi connectivity index (χ0) is 22.6. The van der Waals surface area contributed by atoms with Gasteiger partial charge in [0.25, 0.3) is 0 Å². The molecule has 0 bridgehead atoms. The van der Waals surface area contributed by atoms with E-state index in [-0.39, 0.29) is 59.8 Å². The molecular formula is C21H23ClFNO6S. The van der Waals surface area contributed by atoms with Crippen molar-refractivity contribution in [3.8, 4) is 5.75 Å². The topological polar surface area (TPSA) is 82.1 Å². The Morgan fingerprint density at radius 2 is 1.77 bits per heavy atom. The summed E-state index contributed by atoms with van der Waals surface area (Å²) in [7, 11) is -3.92. The molecule has 2 aromatic carbocycles. The maximum Gasteiger partial charge on any atom is 0.338 e. The lowest BCUT2D eigenvalue weighted by atomic mass is 10.2. The molecule has 0 spiro atoms. The Morgan fingerprint density at radius 1 is 1.13 bits per heavy atom. The van der Waals surface area contributed by atoms with Crippen LogP contribution in [0.3, 0.4) is 0 Å². The van der Waals surface area contributed by atoms with Crippen LogP contribution in [0.4, 0.5) is 4.39 Å². The molecule has 0 saturated carbocycles. The second-order valence-electron chi connectivity index (χ2n) is 7.16. The van der Waals surface area contributed by atoms with Crippen LogP contribution in [0.5, 0.6) is 5.75 Å². The minimum absolute atomic E-state index is 0.0167. The van der Waals surface area contributed by atoms with E-state index in [1.807, 2.05) is 0 Å². The molecule has 1 saturated heterocycles. The second kappa shape index (κ2) is 9.95. The molecule has 0 aromatic heterocycles. The molecule has 0 N–H and O–H groups in total. The minimum atomic E-state index is -3.92. The fourth-order valence-electron chi connectivity index (χ4n) is 3.20. The van der Waals surface area contributed by atoms with Crippen LogP contribution in [0, 0.1) is 5.82 Å². The molecule has 0 radical (unpaired) electrons. The summed E-state index contributed by atoms with van der Waals surface area (Å²) in [5.41, 5.74) is 0.0547. The van der Waals surface area contributed by atoms with Crippen molar-refractivity contribution in [3.63, 3.8) is 0 Å². The van der Waals surface area contributed by atoms with E-state index in [1.165, 1.54) is 46.8 Å². The number of hydrogen-bond donors (Lipinski definition) is 0. The van der Waals surface area contributed by atoms with Crippen molar-refractivity contribution in [1.29, 1.82) is 0 Å². The average molecular weight is 472 g/mol. The monoisotopic (exact) mass is 471 g/mol. The number of morpholine rings is 1. The first kappa shape index (κ1) is 23.5. The lowest BCUT2D eigenvalue weighted by Gasteiger charge is -2.34. The van der Waals surface area contributed by atoms with E-state index in [0.29, 0.717) is 5.75 Å². The molecule has 1 aliphatic heterocycles. The normalized spacial score (nSPS) is 19.7. The third-order valence-corrected chi connectivity index (χ3v) is 6.88. The number of carbonyl (C=O) groups excluding carboxylic acids is 1. The quantitative estimate of drug-likeness (QED) is 0.454. The maximum absolute atomic E-state index is 13.1. The van der Waals surface area contributed by atoms with Crippen LogP contribution in [-0.4, -0.2) is 57.2 Å². The first-order valence-electron chi connectivity index (χ1n) is 9.67. The summed E-state index contributed by atoms with van der Waals surface area (Å²) in [4.78, 5) is 12.2. The predicted molar refractivity (Wildman–Crippen MR) is 112 cm³/mol. The summed E-state index contributed by atoms with van der Waals surface area (Å²) in [5.74, 6) is -0.654. The smallest absolute Gasteiger partial charge is 0.338 e. The Labute approximate surface area is 185 Å². The van der Waals surface area contributed by atoms with Gasteiger partial charge in [-0.05, 0) is 56.3 Å². The molecule has 2 atom stereocenters. The van der Waals surface area contributed by atoms with Crippen LogP contribution in [0.15, 0.2) is 47.4 Å². The van der Waals surface area contributed by atoms with Gasteiger partial charge in [-0.2, -0.15) is 4.31 Å². The molecule has 1 heterocycles. The van der Waals surface area contributed by atoms with Gasteiger partial charge in [0, 0.05) is 13.1 Å². The zero-order valence-corrected chi connectivity index (χ0v) is 18.7. The number of ether oxygens (including phenoxy) is 3. The van der Waals surface area contributed by atoms with Crippen molar-refractivity contribution in [3.05, 3.63) is 58.9 Å². The Morgan fingerprint density at radius 3 is 2.42 bits per heavy atom. The molecule has 0 aliphatic carbocycles. The van der Waals surface area contributed by atoms with Crippen LogP contribution in [0.2, 0.25) is 5.02 Å². The van der Waals surface area contributed by atoms with Crippen molar-refractivity contribution < 1.29 is 31.8 Å². The number of hydrogen-bond acceptors (Lipinski definition) is 6. The fraction of sp³-hybridized carbons (Fsp3) is 0.381. The fourth-order valence-corrected chi connectivity index (χ4v) is 5.29. The first-order chi connectivity index (χ1) is 14.7. The van der Waals surface area contributed by atoms with E-state index in [0.717, 1.165) is 0 Å².